The third kappa shape index (κ3) is 2.44. The molecule has 6 nitrogen and oxygen atoms in total. The van der Waals surface area contributed by atoms with Gasteiger partial charge in [0.05, 0.1) is 10.8 Å². The van der Waals surface area contributed by atoms with Crippen LogP contribution in [0.1, 0.15) is 18.3 Å². The number of nitrogens with zero attached hydrogens (tertiary/aromatic N) is 4. The summed E-state index contributed by atoms with van der Waals surface area (Å²) in [7, 11) is 0. The Morgan fingerprint density at radius 1 is 1.42 bits per heavy atom. The maximum absolute atomic E-state index is 11.0. The highest BCUT2D eigenvalue weighted by Gasteiger charge is 2.16. The Bertz CT molecular complexity index is 624. The van der Waals surface area contributed by atoms with Crippen LogP contribution in [0, 0.1) is 17.0 Å². The first-order valence-corrected chi connectivity index (χ1v) is 6.35. The summed E-state index contributed by atoms with van der Waals surface area (Å²) in [6.45, 7) is 4.31. The molecule has 0 fully saturated rings. The summed E-state index contributed by atoms with van der Waals surface area (Å²) in [5.41, 5.74) is 1.37. The number of hydrogen-bond acceptors (Lipinski definition) is 4. The van der Waals surface area contributed by atoms with Gasteiger partial charge in [-0.1, -0.05) is 12.1 Å². The molecule has 0 aliphatic rings. The van der Waals surface area contributed by atoms with Crippen LogP contribution in [-0.4, -0.2) is 19.7 Å². The van der Waals surface area contributed by atoms with Gasteiger partial charge >= 0.3 is 0 Å². The van der Waals surface area contributed by atoms with Crippen LogP contribution in [0.2, 0.25) is 0 Å². The van der Waals surface area contributed by atoms with Gasteiger partial charge in [0.25, 0.3) is 5.69 Å². The molecular weight excluding hydrogens is 268 g/mol. The maximum Gasteiger partial charge on any atom is 0.273 e. The highest BCUT2D eigenvalue weighted by atomic mass is 35.5. The molecule has 7 heteroatoms. The summed E-state index contributed by atoms with van der Waals surface area (Å²) in [6, 6.07) is 5.03. The molecule has 0 radical (unpaired) electrons. The Balaban J connectivity index is 2.56. The van der Waals surface area contributed by atoms with Crippen LogP contribution in [0.15, 0.2) is 18.2 Å². The van der Waals surface area contributed by atoms with Crippen molar-refractivity contribution in [2.24, 2.45) is 0 Å². The summed E-state index contributed by atoms with van der Waals surface area (Å²) in [5.74, 6) is 1.51. The second-order valence-corrected chi connectivity index (χ2v) is 4.34. The molecular formula is C12H13ClN4O2. The van der Waals surface area contributed by atoms with Gasteiger partial charge < -0.3 is 4.57 Å². The molecule has 0 N–H and O–H groups in total. The van der Waals surface area contributed by atoms with Crippen molar-refractivity contribution in [3.63, 3.8) is 0 Å². The van der Waals surface area contributed by atoms with Crippen molar-refractivity contribution in [2.45, 2.75) is 26.3 Å². The average molecular weight is 281 g/mol. The van der Waals surface area contributed by atoms with E-state index in [0.29, 0.717) is 29.3 Å². The summed E-state index contributed by atoms with van der Waals surface area (Å²) in [4.78, 5) is 10.6. The number of nitro benzene ring substituents is 1. The number of hydrogen-bond donors (Lipinski definition) is 0. The summed E-state index contributed by atoms with van der Waals surface area (Å²) >= 11 is 5.79. The Labute approximate surface area is 115 Å². The van der Waals surface area contributed by atoms with Gasteiger partial charge in [-0.3, -0.25) is 10.1 Å². The van der Waals surface area contributed by atoms with Gasteiger partial charge in [-0.15, -0.1) is 21.8 Å². The zero-order valence-electron chi connectivity index (χ0n) is 10.6. The average Bonchev–Trinajstić information content (AvgIpc) is 2.81. The van der Waals surface area contributed by atoms with Crippen LogP contribution in [0.5, 0.6) is 0 Å². The van der Waals surface area contributed by atoms with Gasteiger partial charge in [0.2, 0.25) is 0 Å². The van der Waals surface area contributed by atoms with Gasteiger partial charge in [-0.05, 0) is 13.8 Å². The fraction of sp³-hybridized carbons (Fsp3) is 0.333. The van der Waals surface area contributed by atoms with E-state index in [1.807, 2.05) is 11.5 Å². The molecule has 2 aromatic rings. The lowest BCUT2D eigenvalue weighted by Crippen LogP contribution is -2.02. The van der Waals surface area contributed by atoms with E-state index < -0.39 is 4.92 Å². The first kappa shape index (κ1) is 13.5. The lowest BCUT2D eigenvalue weighted by molar-refractivity contribution is -0.385. The summed E-state index contributed by atoms with van der Waals surface area (Å²) < 4.78 is 1.85. The molecule has 0 aliphatic carbocycles. The van der Waals surface area contributed by atoms with E-state index in [2.05, 4.69) is 10.2 Å². The molecule has 0 atom stereocenters. The smallest absolute Gasteiger partial charge is 0.273 e. The highest BCUT2D eigenvalue weighted by Crippen LogP contribution is 2.26. The monoisotopic (exact) mass is 280 g/mol. The van der Waals surface area contributed by atoms with Gasteiger partial charge in [0, 0.05) is 23.7 Å². The number of alkyl halides is 1. The van der Waals surface area contributed by atoms with Crippen molar-refractivity contribution in [3.05, 3.63) is 39.7 Å². The van der Waals surface area contributed by atoms with Crippen molar-refractivity contribution in [1.29, 1.82) is 0 Å². The third-order valence-corrected chi connectivity index (χ3v) is 3.17. The van der Waals surface area contributed by atoms with Crippen LogP contribution < -0.4 is 0 Å². The van der Waals surface area contributed by atoms with Crippen LogP contribution >= 0.6 is 11.6 Å². The summed E-state index contributed by atoms with van der Waals surface area (Å²) in [5, 5.41) is 19.0. The molecule has 1 heterocycles. The minimum Gasteiger partial charge on any atom is -0.310 e. The normalized spacial score (nSPS) is 10.7. The molecule has 0 unspecified atom stereocenters. The van der Waals surface area contributed by atoms with Crippen molar-refractivity contribution in [3.8, 4) is 11.4 Å². The molecule has 1 aromatic carbocycles. The van der Waals surface area contributed by atoms with Crippen molar-refractivity contribution < 1.29 is 4.92 Å². The Morgan fingerprint density at radius 2 is 2.16 bits per heavy atom. The first-order valence-electron chi connectivity index (χ1n) is 5.82. The quantitative estimate of drug-likeness (QED) is 0.490. The van der Waals surface area contributed by atoms with Crippen molar-refractivity contribution in [2.75, 3.05) is 0 Å². The van der Waals surface area contributed by atoms with Crippen LogP contribution in [0.4, 0.5) is 5.69 Å². The zero-order chi connectivity index (χ0) is 14.0. The molecule has 0 bridgehead atoms. The lowest BCUT2D eigenvalue weighted by Gasteiger charge is -2.06. The number of halogens is 1. The van der Waals surface area contributed by atoms with Gasteiger partial charge in [-0.25, -0.2) is 0 Å². The second-order valence-electron chi connectivity index (χ2n) is 4.08. The van der Waals surface area contributed by atoms with Crippen LogP contribution in [0.3, 0.4) is 0 Å². The largest absolute Gasteiger partial charge is 0.310 e. The van der Waals surface area contributed by atoms with E-state index in [-0.39, 0.29) is 11.6 Å². The molecule has 19 heavy (non-hydrogen) atoms. The van der Waals surface area contributed by atoms with Gasteiger partial charge in [0.15, 0.2) is 5.82 Å². The lowest BCUT2D eigenvalue weighted by atomic mass is 10.1. The van der Waals surface area contributed by atoms with E-state index in [0.717, 1.165) is 0 Å². The van der Waals surface area contributed by atoms with Crippen molar-refractivity contribution in [1.82, 2.24) is 14.8 Å². The molecule has 100 valence electrons. The van der Waals surface area contributed by atoms with E-state index in [1.54, 1.807) is 19.1 Å². The first-order chi connectivity index (χ1) is 9.08. The molecule has 0 amide bonds. The molecule has 0 spiro atoms. The van der Waals surface area contributed by atoms with E-state index in [9.17, 15) is 10.1 Å². The minimum absolute atomic E-state index is 0.0792. The fourth-order valence-corrected chi connectivity index (χ4v) is 2.12. The SMILES string of the molecule is CCn1c(CCl)nnc1-c1ccc(C)c([N+](=O)[O-])c1. The standard InChI is InChI=1S/C12H13ClN4O2/c1-3-16-11(7-13)14-15-12(16)9-5-4-8(2)10(6-9)17(18)19/h4-6H,3,7H2,1-2H3. The molecule has 2 rings (SSSR count). The third-order valence-electron chi connectivity index (χ3n) is 2.93. The van der Waals surface area contributed by atoms with E-state index in [4.69, 9.17) is 11.6 Å². The van der Waals surface area contributed by atoms with Gasteiger partial charge in [-0.2, -0.15) is 0 Å². The van der Waals surface area contributed by atoms with Crippen LogP contribution in [0.25, 0.3) is 11.4 Å². The van der Waals surface area contributed by atoms with E-state index in [1.165, 1.54) is 6.07 Å². The number of rotatable bonds is 4. The van der Waals surface area contributed by atoms with Crippen LogP contribution in [-0.2, 0) is 12.4 Å². The van der Waals surface area contributed by atoms with E-state index >= 15 is 0 Å². The Morgan fingerprint density at radius 3 is 2.74 bits per heavy atom. The highest BCUT2D eigenvalue weighted by molar-refractivity contribution is 6.16. The van der Waals surface area contributed by atoms with Gasteiger partial charge in [0.1, 0.15) is 5.82 Å². The Hall–Kier alpha value is -1.95. The molecule has 0 saturated heterocycles. The zero-order valence-corrected chi connectivity index (χ0v) is 11.4. The number of aryl methyl sites for hydroxylation is 1. The molecule has 0 aliphatic heterocycles. The molecule has 1 aromatic heterocycles. The maximum atomic E-state index is 11.0. The number of nitro groups is 1. The number of aromatic nitrogens is 3. The predicted molar refractivity (Wildman–Crippen MR) is 72.1 cm³/mol. The predicted octanol–water partition coefficient (Wildman–Crippen LogP) is 2.92. The fourth-order valence-electron chi connectivity index (χ4n) is 1.93. The second kappa shape index (κ2) is 5.36. The number of benzene rings is 1. The Kier molecular flexibility index (Phi) is 3.80. The molecule has 0 saturated carbocycles. The summed E-state index contributed by atoms with van der Waals surface area (Å²) in [6.07, 6.45) is 0. The van der Waals surface area contributed by atoms with Crippen molar-refractivity contribution >= 4 is 17.3 Å². The minimum atomic E-state index is -0.395. The topological polar surface area (TPSA) is 73.8 Å².